The van der Waals surface area contributed by atoms with Crippen molar-refractivity contribution in [1.29, 1.82) is 0 Å². The fraction of sp³-hybridized carbons (Fsp3) is 0.859. The normalized spacial score (nSPS) is 14.1. The molecular weight excluding hydrogens is 924 g/mol. The lowest BCUT2D eigenvalue weighted by atomic mass is 10.0. The van der Waals surface area contributed by atoms with E-state index in [2.05, 4.69) is 55.6 Å². The van der Waals surface area contributed by atoms with Gasteiger partial charge in [0, 0.05) is 6.42 Å². The molecule has 0 aromatic heterocycles. The van der Waals surface area contributed by atoms with Crippen LogP contribution in [0.5, 0.6) is 0 Å². The van der Waals surface area contributed by atoms with Gasteiger partial charge in [0.2, 0.25) is 5.91 Å². The van der Waals surface area contributed by atoms with E-state index < -0.39 is 26.6 Å². The smallest absolute Gasteiger partial charge is 0.268 e. The molecule has 0 aliphatic rings. The van der Waals surface area contributed by atoms with Crippen LogP contribution >= 0.6 is 7.82 Å². The standard InChI is InChI=1S/C64H123N2O6P/c1-6-8-10-12-14-16-18-20-22-24-26-28-30-32-34-35-37-39-41-43-45-47-49-51-53-55-57-63(67)62(61-72-73(69,70)71-60-59-66(3,4)5)65-64(68)58-56-54-52-50-48-46-44-42-40-38-36-33-31-29-27-25-23-21-19-17-15-13-11-9-7-2/h25,27,39,41,47,49,55,57,62-63,67H,6-24,26,28-38,40,42-46,48,50-54,56,58-61H2,1-5H3,(H-,65,68,69,70)/b27-25-,41-39+,49-47+,57-55+. The highest BCUT2D eigenvalue weighted by Gasteiger charge is 2.23. The van der Waals surface area contributed by atoms with E-state index in [0.717, 1.165) is 44.9 Å². The lowest BCUT2D eigenvalue weighted by Gasteiger charge is -2.29. The van der Waals surface area contributed by atoms with E-state index in [0.29, 0.717) is 17.4 Å². The van der Waals surface area contributed by atoms with Crippen LogP contribution in [-0.4, -0.2) is 68.5 Å². The van der Waals surface area contributed by atoms with Gasteiger partial charge < -0.3 is 28.8 Å². The van der Waals surface area contributed by atoms with Gasteiger partial charge in [-0.15, -0.1) is 0 Å². The average molecular weight is 1050 g/mol. The largest absolute Gasteiger partial charge is 0.756 e. The zero-order valence-corrected chi connectivity index (χ0v) is 50.0. The van der Waals surface area contributed by atoms with Gasteiger partial charge in [0.05, 0.1) is 39.9 Å². The van der Waals surface area contributed by atoms with Crippen LogP contribution in [-0.2, 0) is 18.4 Å². The number of likely N-dealkylation sites (N-methyl/N-ethyl adjacent to an activating group) is 1. The van der Waals surface area contributed by atoms with Crippen molar-refractivity contribution in [2.24, 2.45) is 0 Å². The zero-order valence-electron chi connectivity index (χ0n) is 49.1. The van der Waals surface area contributed by atoms with Crippen molar-refractivity contribution in [1.82, 2.24) is 5.32 Å². The van der Waals surface area contributed by atoms with Crippen LogP contribution in [0, 0.1) is 0 Å². The van der Waals surface area contributed by atoms with E-state index in [1.807, 2.05) is 27.2 Å². The van der Waals surface area contributed by atoms with Crippen molar-refractivity contribution < 1.29 is 32.9 Å². The fourth-order valence-corrected chi connectivity index (χ4v) is 10.0. The van der Waals surface area contributed by atoms with Crippen molar-refractivity contribution in [3.63, 3.8) is 0 Å². The number of hydrogen-bond acceptors (Lipinski definition) is 6. The predicted molar refractivity (Wildman–Crippen MR) is 316 cm³/mol. The highest BCUT2D eigenvalue weighted by Crippen LogP contribution is 2.38. The molecule has 0 aromatic rings. The molecule has 8 nitrogen and oxygen atoms in total. The second-order valence-corrected chi connectivity index (χ2v) is 24.2. The van der Waals surface area contributed by atoms with Gasteiger partial charge in [0.1, 0.15) is 13.2 Å². The summed E-state index contributed by atoms with van der Waals surface area (Å²) in [5, 5.41) is 13.9. The summed E-state index contributed by atoms with van der Waals surface area (Å²) in [5.41, 5.74) is 0. The average Bonchev–Trinajstić information content (AvgIpc) is 3.35. The molecule has 0 saturated heterocycles. The topological polar surface area (TPSA) is 108 Å². The van der Waals surface area contributed by atoms with Gasteiger partial charge >= 0.3 is 0 Å². The number of amides is 1. The third-order valence-corrected chi connectivity index (χ3v) is 15.2. The minimum absolute atomic E-state index is 0.00887. The van der Waals surface area contributed by atoms with Crippen molar-refractivity contribution >= 4 is 13.7 Å². The Morgan fingerprint density at radius 3 is 1.11 bits per heavy atom. The Bertz CT molecular complexity index is 1330. The lowest BCUT2D eigenvalue weighted by molar-refractivity contribution is -0.870. The fourth-order valence-electron chi connectivity index (χ4n) is 9.30. The van der Waals surface area contributed by atoms with E-state index in [1.54, 1.807) is 6.08 Å². The number of hydrogen-bond donors (Lipinski definition) is 2. The molecule has 0 rings (SSSR count). The number of quaternary nitrogens is 1. The van der Waals surface area contributed by atoms with E-state index in [9.17, 15) is 19.4 Å². The van der Waals surface area contributed by atoms with Crippen LogP contribution in [0.4, 0.5) is 0 Å². The summed E-state index contributed by atoms with van der Waals surface area (Å²) in [4.78, 5) is 25.5. The molecule has 0 aliphatic heterocycles. The van der Waals surface area contributed by atoms with Crippen molar-refractivity contribution in [3.8, 4) is 0 Å². The molecular formula is C64H123N2O6P. The number of nitrogens with zero attached hydrogens (tertiary/aromatic N) is 1. The second kappa shape index (κ2) is 55.2. The molecule has 0 fully saturated rings. The number of aliphatic hydroxyl groups is 1. The summed E-state index contributed by atoms with van der Waals surface area (Å²) in [7, 11) is 1.24. The number of phosphoric acid groups is 1. The molecule has 3 atom stereocenters. The van der Waals surface area contributed by atoms with Gasteiger partial charge in [-0.2, -0.15) is 0 Å². The molecule has 1 amide bonds. The van der Waals surface area contributed by atoms with E-state index in [-0.39, 0.29) is 12.5 Å². The highest BCUT2D eigenvalue weighted by atomic mass is 31.2. The molecule has 3 unspecified atom stereocenters. The maximum absolute atomic E-state index is 13.0. The number of allylic oxidation sites excluding steroid dienone is 7. The number of rotatable bonds is 58. The third-order valence-electron chi connectivity index (χ3n) is 14.2. The quantitative estimate of drug-likeness (QED) is 0.0272. The molecule has 73 heavy (non-hydrogen) atoms. The van der Waals surface area contributed by atoms with E-state index in [4.69, 9.17) is 9.05 Å². The Kier molecular flexibility index (Phi) is 54.1. The van der Waals surface area contributed by atoms with Gasteiger partial charge in [-0.25, -0.2) is 0 Å². The lowest BCUT2D eigenvalue weighted by Crippen LogP contribution is -2.45. The van der Waals surface area contributed by atoms with Crippen LogP contribution in [0.15, 0.2) is 48.6 Å². The summed E-state index contributed by atoms with van der Waals surface area (Å²) < 4.78 is 23.4. The van der Waals surface area contributed by atoms with Crippen LogP contribution in [0.25, 0.3) is 0 Å². The number of carbonyl (C=O) groups is 1. The molecule has 2 N–H and O–H groups in total. The molecule has 9 heteroatoms. The highest BCUT2D eigenvalue weighted by molar-refractivity contribution is 7.45. The Labute approximate surface area is 454 Å². The van der Waals surface area contributed by atoms with Crippen molar-refractivity contribution in [2.75, 3.05) is 40.9 Å². The summed E-state index contributed by atoms with van der Waals surface area (Å²) in [6.07, 6.45) is 73.5. The molecule has 0 aliphatic carbocycles. The summed E-state index contributed by atoms with van der Waals surface area (Å²) in [5.74, 6) is -0.208. The summed E-state index contributed by atoms with van der Waals surface area (Å²) in [6, 6.07) is -0.911. The van der Waals surface area contributed by atoms with Crippen LogP contribution in [0.1, 0.15) is 303 Å². The van der Waals surface area contributed by atoms with Gasteiger partial charge in [-0.3, -0.25) is 9.36 Å². The monoisotopic (exact) mass is 1050 g/mol. The first-order valence-electron chi connectivity index (χ1n) is 31.5. The second-order valence-electron chi connectivity index (χ2n) is 22.7. The third kappa shape index (κ3) is 58.0. The SMILES string of the molecule is CCCCCCCCCC/C=C\CCCCCCCCCCCCCCCC(=O)NC(COP(=O)([O-])OCC[N+](C)(C)C)C(O)/C=C/CC/C=C/CC/C=C/CCCCCCCCCCCCCCCCCC. The molecule has 0 saturated carbocycles. The first kappa shape index (κ1) is 71.5. The maximum Gasteiger partial charge on any atom is 0.268 e. The van der Waals surface area contributed by atoms with Crippen molar-refractivity contribution in [3.05, 3.63) is 48.6 Å². The van der Waals surface area contributed by atoms with Crippen LogP contribution < -0.4 is 10.2 Å². The molecule has 0 aromatic carbocycles. The summed E-state index contributed by atoms with van der Waals surface area (Å²) in [6.45, 7) is 4.66. The van der Waals surface area contributed by atoms with E-state index in [1.165, 1.54) is 238 Å². The number of unbranched alkanes of at least 4 members (excludes halogenated alkanes) is 39. The Hall–Kier alpha value is -1.54. The first-order valence-corrected chi connectivity index (χ1v) is 33.0. The zero-order chi connectivity index (χ0) is 53.5. The molecule has 0 spiro atoms. The number of nitrogens with one attached hydrogen (secondary N) is 1. The molecule has 430 valence electrons. The minimum atomic E-state index is -4.61. The van der Waals surface area contributed by atoms with Gasteiger partial charge in [0.25, 0.3) is 7.82 Å². The summed E-state index contributed by atoms with van der Waals surface area (Å²) >= 11 is 0. The first-order chi connectivity index (χ1) is 35.5. The Morgan fingerprint density at radius 2 is 0.767 bits per heavy atom. The van der Waals surface area contributed by atoms with Gasteiger partial charge in [-0.1, -0.05) is 274 Å². The number of aliphatic hydroxyl groups excluding tert-OH is 1. The van der Waals surface area contributed by atoms with Crippen molar-refractivity contribution in [2.45, 2.75) is 315 Å². The van der Waals surface area contributed by atoms with Crippen LogP contribution in [0.2, 0.25) is 0 Å². The maximum atomic E-state index is 13.0. The number of phosphoric ester groups is 1. The molecule has 0 radical (unpaired) electrons. The van der Waals surface area contributed by atoms with Crippen LogP contribution in [0.3, 0.4) is 0 Å². The minimum Gasteiger partial charge on any atom is -0.756 e. The number of carbonyl (C=O) groups excluding carboxylic acids is 1. The molecule has 0 heterocycles. The Morgan fingerprint density at radius 1 is 0.466 bits per heavy atom. The molecule has 0 bridgehead atoms. The van der Waals surface area contributed by atoms with Gasteiger partial charge in [-0.05, 0) is 70.6 Å². The van der Waals surface area contributed by atoms with Gasteiger partial charge in [0.15, 0.2) is 0 Å². The predicted octanol–water partition coefficient (Wildman–Crippen LogP) is 18.9. The Balaban J connectivity index is 4.21. The van der Waals surface area contributed by atoms with E-state index >= 15 is 0 Å².